The summed E-state index contributed by atoms with van der Waals surface area (Å²) in [5.74, 6) is 1.00. The molecule has 82 valence electrons. The topological polar surface area (TPSA) is 41.0 Å². The van der Waals surface area contributed by atoms with Crippen LogP contribution in [0.25, 0.3) is 0 Å². The van der Waals surface area contributed by atoms with Crippen LogP contribution in [0.3, 0.4) is 0 Å². The monoisotopic (exact) mass is 206 g/mol. The summed E-state index contributed by atoms with van der Waals surface area (Å²) in [6, 6.07) is 0.603. The second kappa shape index (κ2) is 5.07. The molecule has 0 spiro atoms. The quantitative estimate of drug-likeness (QED) is 0.802. The number of aromatic nitrogens is 2. The number of hydrogen-bond donors (Lipinski definition) is 1. The van der Waals surface area contributed by atoms with Gasteiger partial charge in [-0.2, -0.15) is 0 Å². The molecule has 0 bridgehead atoms. The van der Waals surface area contributed by atoms with Crippen molar-refractivity contribution in [1.29, 1.82) is 0 Å². The maximum absolute atomic E-state index is 4.33. The van der Waals surface area contributed by atoms with E-state index in [9.17, 15) is 0 Å². The zero-order chi connectivity index (χ0) is 10.5. The fraction of sp³-hybridized carbons (Fsp3) is 0.636. The van der Waals surface area contributed by atoms with E-state index in [1.165, 1.54) is 12.8 Å². The Morgan fingerprint density at radius 1 is 1.53 bits per heavy atom. The highest BCUT2D eigenvalue weighted by atomic mass is 15.2. The van der Waals surface area contributed by atoms with Crippen molar-refractivity contribution in [3.8, 4) is 0 Å². The average Bonchev–Trinajstić information content (AvgIpc) is 2.31. The molecule has 1 aromatic heterocycles. The van der Waals surface area contributed by atoms with E-state index in [1.807, 2.05) is 6.20 Å². The molecule has 15 heavy (non-hydrogen) atoms. The van der Waals surface area contributed by atoms with E-state index in [2.05, 4.69) is 27.1 Å². The largest absolute Gasteiger partial charge is 0.354 e. The Kier molecular flexibility index (Phi) is 3.50. The maximum atomic E-state index is 4.33. The van der Waals surface area contributed by atoms with E-state index < -0.39 is 0 Å². The van der Waals surface area contributed by atoms with Crippen LogP contribution in [-0.2, 0) is 0 Å². The molecular formula is C11H18N4. The average molecular weight is 206 g/mol. The van der Waals surface area contributed by atoms with Gasteiger partial charge in [0.25, 0.3) is 0 Å². The second-order valence-electron chi connectivity index (χ2n) is 3.91. The Labute approximate surface area is 90.7 Å². The van der Waals surface area contributed by atoms with Gasteiger partial charge in [-0.15, -0.1) is 0 Å². The zero-order valence-corrected chi connectivity index (χ0v) is 9.19. The molecule has 0 saturated carbocycles. The van der Waals surface area contributed by atoms with Crippen molar-refractivity contribution in [2.45, 2.75) is 25.8 Å². The van der Waals surface area contributed by atoms with Gasteiger partial charge in [0, 0.05) is 31.5 Å². The van der Waals surface area contributed by atoms with E-state index in [4.69, 9.17) is 0 Å². The highest BCUT2D eigenvalue weighted by Gasteiger charge is 2.19. The molecule has 0 radical (unpaired) electrons. The van der Waals surface area contributed by atoms with Gasteiger partial charge in [-0.1, -0.05) is 6.92 Å². The third-order valence-corrected chi connectivity index (χ3v) is 2.79. The van der Waals surface area contributed by atoms with Crippen LogP contribution in [0.4, 0.5) is 5.82 Å². The lowest BCUT2D eigenvalue weighted by atomic mass is 10.1. The van der Waals surface area contributed by atoms with Crippen molar-refractivity contribution in [2.75, 3.05) is 24.5 Å². The molecule has 1 atom stereocenters. The predicted molar refractivity (Wildman–Crippen MR) is 60.9 cm³/mol. The van der Waals surface area contributed by atoms with Crippen LogP contribution in [0.5, 0.6) is 0 Å². The SMILES string of the molecule is CCNC1CCCN(c2cnccn2)C1. The highest BCUT2D eigenvalue weighted by Crippen LogP contribution is 2.16. The number of nitrogens with zero attached hydrogens (tertiary/aromatic N) is 3. The van der Waals surface area contributed by atoms with Crippen molar-refractivity contribution < 1.29 is 0 Å². The number of anilines is 1. The molecule has 1 aromatic rings. The first-order valence-corrected chi connectivity index (χ1v) is 5.64. The summed E-state index contributed by atoms with van der Waals surface area (Å²) in [6.07, 6.45) is 7.81. The number of piperidine rings is 1. The summed E-state index contributed by atoms with van der Waals surface area (Å²) in [5.41, 5.74) is 0. The Bertz CT molecular complexity index is 286. The van der Waals surface area contributed by atoms with Gasteiger partial charge in [-0.3, -0.25) is 4.98 Å². The minimum Gasteiger partial charge on any atom is -0.354 e. The van der Waals surface area contributed by atoms with Crippen molar-refractivity contribution in [3.05, 3.63) is 18.6 Å². The molecule has 2 rings (SSSR count). The van der Waals surface area contributed by atoms with E-state index in [1.54, 1.807) is 12.4 Å². The molecule has 0 amide bonds. The van der Waals surface area contributed by atoms with Gasteiger partial charge >= 0.3 is 0 Å². The lowest BCUT2D eigenvalue weighted by Gasteiger charge is -2.33. The number of likely N-dealkylation sites (N-methyl/N-ethyl adjacent to an activating group) is 1. The minimum absolute atomic E-state index is 0.603. The molecule has 0 aliphatic carbocycles. The first-order chi connectivity index (χ1) is 7.40. The molecular weight excluding hydrogens is 188 g/mol. The van der Waals surface area contributed by atoms with E-state index in [0.717, 1.165) is 25.5 Å². The predicted octanol–water partition coefficient (Wildman–Crippen LogP) is 1.05. The molecule has 0 aromatic carbocycles. The van der Waals surface area contributed by atoms with Gasteiger partial charge in [-0.25, -0.2) is 4.98 Å². The van der Waals surface area contributed by atoms with Gasteiger partial charge in [-0.05, 0) is 19.4 Å². The fourth-order valence-electron chi connectivity index (χ4n) is 2.10. The Morgan fingerprint density at radius 3 is 3.20 bits per heavy atom. The van der Waals surface area contributed by atoms with E-state index >= 15 is 0 Å². The molecule has 1 fully saturated rings. The van der Waals surface area contributed by atoms with Crippen molar-refractivity contribution in [1.82, 2.24) is 15.3 Å². The molecule has 2 heterocycles. The Morgan fingerprint density at radius 2 is 2.47 bits per heavy atom. The van der Waals surface area contributed by atoms with Gasteiger partial charge in [0.15, 0.2) is 0 Å². The Balaban J connectivity index is 1.98. The van der Waals surface area contributed by atoms with Crippen molar-refractivity contribution in [2.24, 2.45) is 0 Å². The standard InChI is InChI=1S/C11H18N4/c1-2-13-10-4-3-7-15(9-10)11-8-12-5-6-14-11/h5-6,8,10,13H,2-4,7,9H2,1H3. The zero-order valence-electron chi connectivity index (χ0n) is 9.19. The lowest BCUT2D eigenvalue weighted by Crippen LogP contribution is -2.46. The summed E-state index contributed by atoms with van der Waals surface area (Å²) in [7, 11) is 0. The summed E-state index contributed by atoms with van der Waals surface area (Å²) >= 11 is 0. The molecule has 4 heteroatoms. The number of nitrogens with one attached hydrogen (secondary N) is 1. The normalized spacial score (nSPS) is 21.7. The van der Waals surface area contributed by atoms with E-state index in [-0.39, 0.29) is 0 Å². The van der Waals surface area contributed by atoms with Crippen LogP contribution in [0.2, 0.25) is 0 Å². The lowest BCUT2D eigenvalue weighted by molar-refractivity contribution is 0.429. The molecule has 1 aliphatic rings. The highest BCUT2D eigenvalue weighted by molar-refractivity contribution is 5.35. The smallest absolute Gasteiger partial charge is 0.147 e. The third kappa shape index (κ3) is 2.65. The van der Waals surface area contributed by atoms with Gasteiger partial charge in [0.1, 0.15) is 5.82 Å². The molecule has 1 unspecified atom stereocenters. The fourth-order valence-corrected chi connectivity index (χ4v) is 2.10. The summed E-state index contributed by atoms with van der Waals surface area (Å²) in [4.78, 5) is 10.7. The maximum Gasteiger partial charge on any atom is 0.147 e. The molecule has 1 N–H and O–H groups in total. The van der Waals surface area contributed by atoms with Crippen molar-refractivity contribution >= 4 is 5.82 Å². The Hall–Kier alpha value is -1.16. The van der Waals surface area contributed by atoms with Gasteiger partial charge < -0.3 is 10.2 Å². The van der Waals surface area contributed by atoms with Crippen LogP contribution in [0.15, 0.2) is 18.6 Å². The van der Waals surface area contributed by atoms with Crippen LogP contribution in [-0.4, -0.2) is 35.6 Å². The van der Waals surface area contributed by atoms with Crippen LogP contribution in [0.1, 0.15) is 19.8 Å². The molecule has 1 aliphatic heterocycles. The summed E-state index contributed by atoms with van der Waals surface area (Å²) in [6.45, 7) is 5.34. The van der Waals surface area contributed by atoms with Gasteiger partial charge in [0.2, 0.25) is 0 Å². The van der Waals surface area contributed by atoms with Crippen molar-refractivity contribution in [3.63, 3.8) is 0 Å². The van der Waals surface area contributed by atoms with E-state index in [0.29, 0.717) is 6.04 Å². The first-order valence-electron chi connectivity index (χ1n) is 5.64. The van der Waals surface area contributed by atoms with Crippen LogP contribution >= 0.6 is 0 Å². The minimum atomic E-state index is 0.603. The number of hydrogen-bond acceptors (Lipinski definition) is 4. The molecule has 4 nitrogen and oxygen atoms in total. The van der Waals surface area contributed by atoms with Gasteiger partial charge in [0.05, 0.1) is 6.20 Å². The number of rotatable bonds is 3. The summed E-state index contributed by atoms with van der Waals surface area (Å²) < 4.78 is 0. The molecule has 1 saturated heterocycles. The first kappa shape index (κ1) is 10.4. The van der Waals surface area contributed by atoms with Crippen LogP contribution in [0, 0.1) is 0 Å². The summed E-state index contributed by atoms with van der Waals surface area (Å²) in [5, 5.41) is 3.49. The third-order valence-electron chi connectivity index (χ3n) is 2.79. The second-order valence-corrected chi connectivity index (χ2v) is 3.91. The van der Waals surface area contributed by atoms with Crippen LogP contribution < -0.4 is 10.2 Å².